The minimum Gasteiger partial charge on any atom is -0.331 e. The Morgan fingerprint density at radius 1 is 1.00 bits per heavy atom. The van der Waals surface area contributed by atoms with Gasteiger partial charge in [0, 0.05) is 0 Å². The molecule has 2 nitrogen and oxygen atoms in total. The number of fused-ring (bicyclic) bond motifs is 2. The number of hydrogen-bond acceptors (Lipinski definition) is 1. The highest BCUT2D eigenvalue weighted by Crippen LogP contribution is 2.25. The normalized spacial score (nSPS) is 15.1. The van der Waals surface area contributed by atoms with Crippen molar-refractivity contribution in [1.82, 2.24) is 9.97 Å². The highest BCUT2D eigenvalue weighted by atomic mass is 32.1. The highest BCUT2D eigenvalue weighted by molar-refractivity contribution is 7.71. The lowest BCUT2D eigenvalue weighted by atomic mass is 10.1. The number of aromatic nitrogens is 2. The van der Waals surface area contributed by atoms with Gasteiger partial charge in [-0.15, -0.1) is 0 Å². The fourth-order valence-corrected chi connectivity index (χ4v) is 2.33. The van der Waals surface area contributed by atoms with Crippen LogP contribution in [0.25, 0.3) is 11.0 Å². The number of nitrogens with one attached hydrogen (secondary N) is 2. The van der Waals surface area contributed by atoms with E-state index in [9.17, 15) is 0 Å². The zero-order valence-corrected chi connectivity index (χ0v) is 8.00. The Bertz CT molecular complexity index is 477. The molecule has 0 radical (unpaired) electrons. The summed E-state index contributed by atoms with van der Waals surface area (Å²) in [5.74, 6) is 0. The zero-order valence-electron chi connectivity index (χ0n) is 7.18. The maximum absolute atomic E-state index is 5.04. The van der Waals surface area contributed by atoms with Crippen LogP contribution < -0.4 is 0 Å². The Balaban J connectivity index is 2.41. The molecule has 1 aromatic heterocycles. The van der Waals surface area contributed by atoms with E-state index in [1.54, 1.807) is 0 Å². The van der Waals surface area contributed by atoms with Crippen LogP contribution in [0, 0.1) is 4.77 Å². The zero-order chi connectivity index (χ0) is 8.84. The summed E-state index contributed by atoms with van der Waals surface area (Å²) < 4.78 is 0.721. The van der Waals surface area contributed by atoms with Crippen LogP contribution in [0.1, 0.15) is 17.5 Å². The van der Waals surface area contributed by atoms with E-state index in [1.165, 1.54) is 30.4 Å². The summed E-state index contributed by atoms with van der Waals surface area (Å²) in [6, 6.07) is 4.45. The molecule has 0 amide bonds. The predicted octanol–water partition coefficient (Wildman–Crippen LogP) is 2.71. The van der Waals surface area contributed by atoms with Crippen molar-refractivity contribution in [3.63, 3.8) is 0 Å². The third kappa shape index (κ3) is 1.04. The summed E-state index contributed by atoms with van der Waals surface area (Å²) in [6.07, 6.45) is 3.73. The molecule has 13 heavy (non-hydrogen) atoms. The number of hydrogen-bond donors (Lipinski definition) is 2. The van der Waals surface area contributed by atoms with Crippen LogP contribution in [0.5, 0.6) is 0 Å². The molecule has 1 aliphatic rings. The van der Waals surface area contributed by atoms with Crippen molar-refractivity contribution in [2.24, 2.45) is 0 Å². The Kier molecular flexibility index (Phi) is 1.38. The first kappa shape index (κ1) is 7.33. The van der Waals surface area contributed by atoms with Gasteiger partial charge >= 0.3 is 0 Å². The van der Waals surface area contributed by atoms with Gasteiger partial charge in [0.2, 0.25) is 0 Å². The Morgan fingerprint density at radius 2 is 1.54 bits per heavy atom. The first-order valence-electron chi connectivity index (χ1n) is 4.57. The van der Waals surface area contributed by atoms with E-state index in [2.05, 4.69) is 22.1 Å². The van der Waals surface area contributed by atoms with Gasteiger partial charge in [-0.1, -0.05) is 0 Å². The number of aryl methyl sites for hydroxylation is 2. The van der Waals surface area contributed by atoms with E-state index in [1.807, 2.05) is 0 Å². The van der Waals surface area contributed by atoms with Crippen LogP contribution in [0.2, 0.25) is 0 Å². The molecule has 3 heteroatoms. The maximum atomic E-state index is 5.04. The van der Waals surface area contributed by atoms with Gasteiger partial charge in [-0.05, 0) is 54.7 Å². The molecule has 0 unspecified atom stereocenters. The van der Waals surface area contributed by atoms with E-state index in [0.717, 1.165) is 15.8 Å². The van der Waals surface area contributed by atoms with E-state index in [-0.39, 0.29) is 0 Å². The Labute approximate surface area is 81.0 Å². The quantitative estimate of drug-likeness (QED) is 0.615. The molecule has 0 bridgehead atoms. The third-order valence-corrected chi connectivity index (χ3v) is 2.93. The molecule has 2 aromatic rings. The van der Waals surface area contributed by atoms with Crippen LogP contribution >= 0.6 is 12.2 Å². The van der Waals surface area contributed by atoms with Gasteiger partial charge in [0.25, 0.3) is 0 Å². The second-order valence-electron chi connectivity index (χ2n) is 3.60. The molecule has 0 fully saturated rings. The van der Waals surface area contributed by atoms with Crippen LogP contribution in [0.15, 0.2) is 12.1 Å². The maximum Gasteiger partial charge on any atom is 0.175 e. The number of rotatable bonds is 0. The molecule has 0 atom stereocenters. The number of imidazole rings is 1. The van der Waals surface area contributed by atoms with Gasteiger partial charge in [0.05, 0.1) is 11.0 Å². The summed E-state index contributed by atoms with van der Waals surface area (Å²) >= 11 is 5.04. The summed E-state index contributed by atoms with van der Waals surface area (Å²) in [5, 5.41) is 0. The van der Waals surface area contributed by atoms with Crippen molar-refractivity contribution in [3.05, 3.63) is 28.0 Å². The molecule has 1 aliphatic carbocycles. The van der Waals surface area contributed by atoms with E-state index in [0.29, 0.717) is 0 Å². The van der Waals surface area contributed by atoms with Crippen LogP contribution in [0.3, 0.4) is 0 Å². The van der Waals surface area contributed by atoms with Gasteiger partial charge in [0.15, 0.2) is 4.77 Å². The lowest BCUT2D eigenvalue weighted by Crippen LogP contribution is -1.81. The Morgan fingerprint density at radius 3 is 2.08 bits per heavy atom. The van der Waals surface area contributed by atoms with E-state index in [4.69, 9.17) is 12.2 Å². The first-order chi connectivity index (χ1) is 6.33. The predicted molar refractivity (Wildman–Crippen MR) is 55.5 cm³/mol. The minimum atomic E-state index is 0.721. The first-order valence-corrected chi connectivity index (χ1v) is 4.97. The van der Waals surface area contributed by atoms with Crippen molar-refractivity contribution >= 4 is 23.3 Å². The minimum absolute atomic E-state index is 0.721. The molecule has 3 rings (SSSR count). The highest BCUT2D eigenvalue weighted by Gasteiger charge is 2.11. The molecular weight excluding hydrogens is 180 g/mol. The number of H-pyrrole nitrogens is 2. The molecule has 1 aromatic carbocycles. The van der Waals surface area contributed by atoms with Gasteiger partial charge in [-0.2, -0.15) is 0 Å². The van der Waals surface area contributed by atoms with E-state index >= 15 is 0 Å². The third-order valence-electron chi connectivity index (χ3n) is 2.73. The summed E-state index contributed by atoms with van der Waals surface area (Å²) in [7, 11) is 0. The second-order valence-corrected chi connectivity index (χ2v) is 4.01. The van der Waals surface area contributed by atoms with Crippen molar-refractivity contribution in [3.8, 4) is 0 Å². The molecule has 2 N–H and O–H groups in total. The average Bonchev–Trinajstić information content (AvgIpc) is 2.63. The average molecular weight is 190 g/mol. The standard InChI is InChI=1S/C10H10N2S/c13-10-11-8-4-6-2-1-3-7(6)5-9(8)12-10/h4-5H,1-3H2,(H2,11,12,13). The number of aromatic amines is 2. The fourth-order valence-electron chi connectivity index (χ4n) is 2.11. The number of benzene rings is 1. The van der Waals surface area contributed by atoms with E-state index < -0.39 is 0 Å². The monoisotopic (exact) mass is 190 g/mol. The van der Waals surface area contributed by atoms with Gasteiger partial charge < -0.3 is 9.97 Å². The molecule has 66 valence electrons. The summed E-state index contributed by atoms with van der Waals surface area (Å²) in [4.78, 5) is 6.29. The van der Waals surface area contributed by atoms with Crippen molar-refractivity contribution in [2.75, 3.05) is 0 Å². The SMILES string of the molecule is S=c1[nH]c2cc3c(cc2[nH]1)CCC3. The smallest absolute Gasteiger partial charge is 0.175 e. The fraction of sp³-hybridized carbons (Fsp3) is 0.300. The lowest BCUT2D eigenvalue weighted by molar-refractivity contribution is 0.912. The van der Waals surface area contributed by atoms with Gasteiger partial charge in [-0.3, -0.25) is 0 Å². The largest absolute Gasteiger partial charge is 0.331 e. The van der Waals surface area contributed by atoms with Crippen LogP contribution in [0.4, 0.5) is 0 Å². The molecule has 0 saturated carbocycles. The molecule has 0 spiro atoms. The lowest BCUT2D eigenvalue weighted by Gasteiger charge is -1.97. The molecule has 1 heterocycles. The van der Waals surface area contributed by atoms with Crippen molar-refractivity contribution in [2.45, 2.75) is 19.3 Å². The summed E-state index contributed by atoms with van der Waals surface area (Å²) in [6.45, 7) is 0. The van der Waals surface area contributed by atoms with Crippen LogP contribution in [-0.4, -0.2) is 9.97 Å². The molecular formula is C10H10N2S. The van der Waals surface area contributed by atoms with Crippen LogP contribution in [-0.2, 0) is 12.8 Å². The topological polar surface area (TPSA) is 31.6 Å². The van der Waals surface area contributed by atoms with Crippen molar-refractivity contribution < 1.29 is 0 Å². The molecule has 0 saturated heterocycles. The second kappa shape index (κ2) is 2.45. The van der Waals surface area contributed by atoms with Crippen molar-refractivity contribution in [1.29, 1.82) is 0 Å². The van der Waals surface area contributed by atoms with Gasteiger partial charge in [0.1, 0.15) is 0 Å². The van der Waals surface area contributed by atoms with Gasteiger partial charge in [-0.25, -0.2) is 0 Å². The molecule has 0 aliphatic heterocycles. The Hall–Kier alpha value is -1.09. The summed E-state index contributed by atoms with van der Waals surface area (Å²) in [5.41, 5.74) is 5.26.